The fourth-order valence-corrected chi connectivity index (χ4v) is 3.94. The molecule has 0 saturated heterocycles. The van der Waals surface area contributed by atoms with Crippen molar-refractivity contribution in [1.29, 1.82) is 0 Å². The van der Waals surface area contributed by atoms with Gasteiger partial charge in [-0.2, -0.15) is 0 Å². The molecule has 0 amide bonds. The molecular formula is C17H21N3O3S. The molecule has 1 aromatic heterocycles. The van der Waals surface area contributed by atoms with Crippen LogP contribution in [0, 0.1) is 0 Å². The maximum atomic E-state index is 12.7. The fourth-order valence-electron chi connectivity index (χ4n) is 2.80. The number of nitrogens with zero attached hydrogens (tertiary/aromatic N) is 1. The van der Waals surface area contributed by atoms with Crippen LogP contribution in [0.4, 0.5) is 0 Å². The van der Waals surface area contributed by atoms with Crippen LogP contribution in [-0.2, 0) is 15.5 Å². The van der Waals surface area contributed by atoms with E-state index < -0.39 is 10.8 Å². The number of ether oxygens (including phenoxy) is 2. The van der Waals surface area contributed by atoms with Crippen LogP contribution in [0.25, 0.3) is 11.0 Å². The quantitative estimate of drug-likeness (QED) is 0.869. The lowest BCUT2D eigenvalue weighted by atomic mass is 10.1. The monoisotopic (exact) mass is 347 g/mol. The Morgan fingerprint density at radius 3 is 2.75 bits per heavy atom. The number of nitrogens with one attached hydrogen (secondary N) is 2. The number of rotatable bonds is 5. The lowest BCUT2D eigenvalue weighted by Gasteiger charge is -2.23. The van der Waals surface area contributed by atoms with Crippen LogP contribution in [0.15, 0.2) is 46.0 Å². The second-order valence-electron chi connectivity index (χ2n) is 5.69. The van der Waals surface area contributed by atoms with Crippen molar-refractivity contribution < 1.29 is 13.7 Å². The number of dihydropyridines is 1. The van der Waals surface area contributed by atoms with Gasteiger partial charge in [-0.25, -0.2) is 4.98 Å². The van der Waals surface area contributed by atoms with Gasteiger partial charge in [-0.1, -0.05) is 0 Å². The molecule has 7 heteroatoms. The Bertz CT molecular complexity index is 867. The van der Waals surface area contributed by atoms with Gasteiger partial charge in [-0.05, 0) is 31.6 Å². The summed E-state index contributed by atoms with van der Waals surface area (Å²) in [6.45, 7) is 4.70. The number of H-pyrrole nitrogens is 1. The standard InChI is InChI=1S/C17H21N3O3S/c1-10-8-18-15(11(2)16(10)23-4)9-24(21)17-19-13-6-5-12(22-3)7-14(13)20-17/h5-7,18H,8-9H2,1-4H3,(H,19,20)/t24-/m0/s1. The fraction of sp³-hybridized carbons (Fsp3) is 0.353. The van der Waals surface area contributed by atoms with E-state index in [1.54, 1.807) is 14.2 Å². The Morgan fingerprint density at radius 1 is 1.25 bits per heavy atom. The molecule has 1 aromatic carbocycles. The zero-order valence-electron chi connectivity index (χ0n) is 14.2. The molecule has 1 atom stereocenters. The third-order valence-corrected chi connectivity index (χ3v) is 5.29. The van der Waals surface area contributed by atoms with Gasteiger partial charge in [0.15, 0.2) is 5.16 Å². The first kappa shape index (κ1) is 16.6. The summed E-state index contributed by atoms with van der Waals surface area (Å²) in [6.07, 6.45) is 0. The van der Waals surface area contributed by atoms with Crippen LogP contribution >= 0.6 is 0 Å². The third-order valence-electron chi connectivity index (χ3n) is 4.11. The van der Waals surface area contributed by atoms with E-state index in [0.717, 1.165) is 39.4 Å². The number of benzene rings is 1. The number of imidazole rings is 1. The van der Waals surface area contributed by atoms with Crippen molar-refractivity contribution in [1.82, 2.24) is 15.3 Å². The topological polar surface area (TPSA) is 76.2 Å². The van der Waals surface area contributed by atoms with Crippen molar-refractivity contribution in [3.8, 4) is 5.75 Å². The van der Waals surface area contributed by atoms with Crippen LogP contribution in [-0.4, -0.2) is 40.7 Å². The Hall–Kier alpha value is -2.28. The van der Waals surface area contributed by atoms with E-state index in [2.05, 4.69) is 15.3 Å². The van der Waals surface area contributed by atoms with E-state index in [0.29, 0.717) is 17.5 Å². The first-order valence-corrected chi connectivity index (χ1v) is 8.95. The number of aromatic nitrogens is 2. The average molecular weight is 347 g/mol. The summed E-state index contributed by atoms with van der Waals surface area (Å²) in [6, 6.07) is 5.54. The second-order valence-corrected chi connectivity index (χ2v) is 7.05. The molecule has 0 radical (unpaired) electrons. The minimum atomic E-state index is -1.28. The SMILES string of the molecule is COC1=C(C)CNC(C[S@](=O)c2nc3ccc(OC)cc3[nH]2)=C1C. The molecule has 1 aliphatic heterocycles. The molecule has 2 heterocycles. The minimum Gasteiger partial charge on any atom is -0.497 e. The van der Waals surface area contributed by atoms with Gasteiger partial charge in [0.05, 0.1) is 41.8 Å². The van der Waals surface area contributed by atoms with E-state index in [4.69, 9.17) is 9.47 Å². The number of fused-ring (bicyclic) bond motifs is 1. The Balaban J connectivity index is 1.86. The van der Waals surface area contributed by atoms with Crippen LogP contribution in [0.3, 0.4) is 0 Å². The molecule has 0 spiro atoms. The molecule has 1 aliphatic rings. The Labute approximate surface area is 143 Å². The van der Waals surface area contributed by atoms with Crippen molar-refractivity contribution in [2.24, 2.45) is 0 Å². The molecule has 2 N–H and O–H groups in total. The first-order chi connectivity index (χ1) is 11.5. The highest BCUT2D eigenvalue weighted by molar-refractivity contribution is 7.85. The van der Waals surface area contributed by atoms with E-state index in [9.17, 15) is 4.21 Å². The first-order valence-electron chi connectivity index (χ1n) is 7.63. The van der Waals surface area contributed by atoms with Gasteiger partial charge in [0.25, 0.3) is 0 Å². The lowest BCUT2D eigenvalue weighted by molar-refractivity contribution is 0.291. The zero-order chi connectivity index (χ0) is 17.3. The van der Waals surface area contributed by atoms with Crippen molar-refractivity contribution in [3.05, 3.63) is 40.8 Å². The van der Waals surface area contributed by atoms with Crippen LogP contribution < -0.4 is 10.1 Å². The van der Waals surface area contributed by atoms with Crippen LogP contribution in [0.5, 0.6) is 5.75 Å². The minimum absolute atomic E-state index is 0.364. The number of methoxy groups -OCH3 is 2. The molecule has 0 unspecified atom stereocenters. The van der Waals surface area contributed by atoms with Crippen molar-refractivity contribution in [2.45, 2.75) is 19.0 Å². The number of hydrogen-bond acceptors (Lipinski definition) is 5. The van der Waals surface area contributed by atoms with Gasteiger partial charge in [0.2, 0.25) is 0 Å². The highest BCUT2D eigenvalue weighted by Gasteiger charge is 2.20. The summed E-state index contributed by atoms with van der Waals surface area (Å²) in [4.78, 5) is 7.55. The van der Waals surface area contributed by atoms with E-state index in [1.807, 2.05) is 32.0 Å². The normalized spacial score (nSPS) is 16.3. The molecule has 0 saturated carbocycles. The second kappa shape index (κ2) is 6.68. The largest absolute Gasteiger partial charge is 0.497 e. The number of hydrogen-bond donors (Lipinski definition) is 2. The van der Waals surface area contributed by atoms with Crippen molar-refractivity contribution in [3.63, 3.8) is 0 Å². The van der Waals surface area contributed by atoms with Gasteiger partial charge < -0.3 is 19.8 Å². The highest BCUT2D eigenvalue weighted by atomic mass is 32.2. The van der Waals surface area contributed by atoms with Gasteiger partial charge in [0, 0.05) is 23.9 Å². The summed E-state index contributed by atoms with van der Waals surface area (Å²) in [7, 11) is 2.00. The molecule has 2 aromatic rings. The van der Waals surface area contributed by atoms with Crippen LogP contribution in [0.2, 0.25) is 0 Å². The van der Waals surface area contributed by atoms with Gasteiger partial charge >= 0.3 is 0 Å². The predicted octanol–water partition coefficient (Wildman–Crippen LogP) is 2.48. The zero-order valence-corrected chi connectivity index (χ0v) is 15.0. The molecule has 0 fully saturated rings. The number of allylic oxidation sites excluding steroid dienone is 1. The molecule has 3 rings (SSSR count). The molecular weight excluding hydrogens is 326 g/mol. The molecule has 128 valence electrons. The van der Waals surface area contributed by atoms with Gasteiger partial charge in [-0.3, -0.25) is 4.21 Å². The maximum absolute atomic E-state index is 12.7. The van der Waals surface area contributed by atoms with Crippen LogP contribution in [0.1, 0.15) is 13.8 Å². The summed E-state index contributed by atoms with van der Waals surface area (Å²) in [5, 5.41) is 3.79. The summed E-state index contributed by atoms with van der Waals surface area (Å²) in [5.41, 5.74) is 4.64. The molecule has 24 heavy (non-hydrogen) atoms. The Kier molecular flexibility index (Phi) is 4.62. The summed E-state index contributed by atoms with van der Waals surface area (Å²) in [5.74, 6) is 1.97. The smallest absolute Gasteiger partial charge is 0.197 e. The Morgan fingerprint density at radius 2 is 2.04 bits per heavy atom. The lowest BCUT2D eigenvalue weighted by Crippen LogP contribution is -2.27. The van der Waals surface area contributed by atoms with Gasteiger partial charge in [-0.15, -0.1) is 0 Å². The molecule has 6 nitrogen and oxygen atoms in total. The third kappa shape index (κ3) is 3.03. The number of aromatic amines is 1. The highest BCUT2D eigenvalue weighted by Crippen LogP contribution is 2.24. The molecule has 0 bridgehead atoms. The summed E-state index contributed by atoms with van der Waals surface area (Å²) < 4.78 is 23.4. The summed E-state index contributed by atoms with van der Waals surface area (Å²) >= 11 is 0. The van der Waals surface area contributed by atoms with Gasteiger partial charge in [0.1, 0.15) is 11.5 Å². The van der Waals surface area contributed by atoms with E-state index in [-0.39, 0.29) is 0 Å². The van der Waals surface area contributed by atoms with E-state index >= 15 is 0 Å². The van der Waals surface area contributed by atoms with Crippen molar-refractivity contribution >= 4 is 21.8 Å². The maximum Gasteiger partial charge on any atom is 0.197 e. The molecule has 0 aliphatic carbocycles. The average Bonchev–Trinajstić information content (AvgIpc) is 3.01. The predicted molar refractivity (Wildman–Crippen MR) is 94.3 cm³/mol. The van der Waals surface area contributed by atoms with Crippen molar-refractivity contribution in [2.75, 3.05) is 26.5 Å². The van der Waals surface area contributed by atoms with E-state index in [1.165, 1.54) is 0 Å².